The van der Waals surface area contributed by atoms with Crippen LogP contribution in [0.5, 0.6) is 0 Å². The van der Waals surface area contributed by atoms with Crippen molar-refractivity contribution in [3.63, 3.8) is 0 Å². The van der Waals surface area contributed by atoms with E-state index in [2.05, 4.69) is 6.92 Å². The molecule has 1 heterocycles. The van der Waals surface area contributed by atoms with Crippen LogP contribution in [0.3, 0.4) is 0 Å². The number of aliphatic hydroxyl groups excluding tert-OH is 3. The van der Waals surface area contributed by atoms with Gasteiger partial charge >= 0.3 is 0 Å². The molecule has 6 nitrogen and oxygen atoms in total. The third-order valence-electron chi connectivity index (χ3n) is 4.73. The van der Waals surface area contributed by atoms with Crippen molar-refractivity contribution in [3.05, 3.63) is 0 Å². The van der Waals surface area contributed by atoms with Crippen molar-refractivity contribution in [1.82, 2.24) is 0 Å². The summed E-state index contributed by atoms with van der Waals surface area (Å²) in [6.07, 6.45) is 6.11. The van der Waals surface area contributed by atoms with Crippen LogP contribution in [0, 0.1) is 0 Å². The second-order valence-electron chi connectivity index (χ2n) is 6.83. The van der Waals surface area contributed by atoms with Gasteiger partial charge in [-0.25, -0.2) is 0 Å². The highest BCUT2D eigenvalue weighted by Crippen LogP contribution is 2.24. The molecule has 0 radical (unpaired) electrons. The van der Waals surface area contributed by atoms with E-state index in [1.165, 1.54) is 52.1 Å². The second-order valence-corrected chi connectivity index (χ2v) is 6.83. The van der Waals surface area contributed by atoms with E-state index in [1.807, 2.05) is 0 Å². The van der Waals surface area contributed by atoms with Crippen molar-refractivity contribution in [1.29, 1.82) is 0 Å². The number of methoxy groups -OCH3 is 1. The predicted molar refractivity (Wildman–Crippen MR) is 96.4 cm³/mol. The van der Waals surface area contributed by atoms with E-state index >= 15 is 0 Å². The van der Waals surface area contributed by atoms with Crippen LogP contribution < -0.4 is 0 Å². The number of aliphatic hydroxyl groups is 3. The van der Waals surface area contributed by atoms with Crippen LogP contribution in [0.4, 0.5) is 0 Å². The molecule has 0 aliphatic carbocycles. The van der Waals surface area contributed by atoms with E-state index in [0.29, 0.717) is 6.42 Å². The summed E-state index contributed by atoms with van der Waals surface area (Å²) in [5.41, 5.74) is 0. The minimum atomic E-state index is -1.27. The Balaban J connectivity index is 2.21. The van der Waals surface area contributed by atoms with Gasteiger partial charge in [-0.3, -0.25) is 0 Å². The molecule has 6 heteroatoms. The molecule has 0 aromatic carbocycles. The Kier molecular flexibility index (Phi) is 11.7. The fourth-order valence-corrected chi connectivity index (χ4v) is 3.13. The summed E-state index contributed by atoms with van der Waals surface area (Å²) >= 11 is 0. The normalized spacial score (nSPS) is 31.7. The predicted octanol–water partition coefficient (Wildman–Crippen LogP) is 2.38. The van der Waals surface area contributed by atoms with Gasteiger partial charge in [-0.1, -0.05) is 64.7 Å². The summed E-state index contributed by atoms with van der Waals surface area (Å²) in [5, 5.41) is 29.6. The van der Waals surface area contributed by atoms with Crippen LogP contribution in [0.25, 0.3) is 0 Å². The summed E-state index contributed by atoms with van der Waals surface area (Å²) in [5.74, 6) is 0. The second kappa shape index (κ2) is 13.9. The fraction of sp³-hybridized carbons (Fsp3) is 1.00. The zero-order valence-electron chi connectivity index (χ0n) is 16.8. The lowest BCUT2D eigenvalue weighted by Gasteiger charge is -2.41. The van der Waals surface area contributed by atoms with Crippen LogP contribution in [0.2, 0.25) is 0 Å². The van der Waals surface area contributed by atoms with E-state index in [9.17, 15) is 15.3 Å². The molecule has 150 valence electrons. The molecule has 1 fully saturated rings. The standard InChI is InChI=1S/C19H38O6/c1-3-4-5-6-7-8-9-10-11-12-13-24-18-15(14-20)25-19(23-2)17(22)16(18)21/h15-22H,3-14H2,1-2H3/t15-,16-,17+,18-,19?/m1/s1/i13D/t13?,15-,16-,17+,18-,19?. The number of hydrogen-bond donors (Lipinski definition) is 3. The topological polar surface area (TPSA) is 88.4 Å². The van der Waals surface area contributed by atoms with Crippen LogP contribution in [0.15, 0.2) is 0 Å². The maximum Gasteiger partial charge on any atom is 0.186 e. The van der Waals surface area contributed by atoms with E-state index < -0.39 is 37.3 Å². The number of ether oxygens (including phenoxy) is 3. The van der Waals surface area contributed by atoms with E-state index in [0.717, 1.165) is 12.8 Å². The summed E-state index contributed by atoms with van der Waals surface area (Å²) in [6.45, 7) is 1.03. The first-order chi connectivity index (χ1) is 12.5. The van der Waals surface area contributed by atoms with Gasteiger partial charge in [0.05, 0.1) is 7.98 Å². The highest BCUT2D eigenvalue weighted by molar-refractivity contribution is 4.90. The zero-order valence-corrected chi connectivity index (χ0v) is 15.8. The lowest BCUT2D eigenvalue weighted by atomic mass is 9.99. The molecule has 0 bridgehead atoms. The molecule has 0 saturated carbocycles. The molecule has 25 heavy (non-hydrogen) atoms. The average Bonchev–Trinajstić information content (AvgIpc) is 2.64. The Morgan fingerprint density at radius 2 is 1.48 bits per heavy atom. The van der Waals surface area contributed by atoms with Gasteiger partial charge in [0, 0.05) is 13.7 Å². The minimum Gasteiger partial charge on any atom is -0.394 e. The Morgan fingerprint density at radius 3 is 2.00 bits per heavy atom. The third-order valence-corrected chi connectivity index (χ3v) is 4.73. The van der Waals surface area contributed by atoms with Crippen LogP contribution in [-0.2, 0) is 14.2 Å². The van der Waals surface area contributed by atoms with Crippen molar-refractivity contribution < 1.29 is 30.9 Å². The van der Waals surface area contributed by atoms with Crippen molar-refractivity contribution in [2.75, 3.05) is 20.3 Å². The first-order valence-corrected chi connectivity index (χ1v) is 9.78. The number of hydrogen-bond acceptors (Lipinski definition) is 6. The first kappa shape index (κ1) is 21.1. The summed E-state index contributed by atoms with van der Waals surface area (Å²) in [7, 11) is 1.35. The van der Waals surface area contributed by atoms with Crippen LogP contribution in [-0.4, -0.2) is 66.3 Å². The summed E-state index contributed by atoms with van der Waals surface area (Å²) < 4.78 is 23.9. The zero-order chi connectivity index (χ0) is 19.4. The fourth-order valence-electron chi connectivity index (χ4n) is 3.13. The molecule has 1 aliphatic heterocycles. The van der Waals surface area contributed by atoms with Gasteiger partial charge < -0.3 is 29.5 Å². The van der Waals surface area contributed by atoms with Crippen molar-refractivity contribution >= 4 is 0 Å². The molecule has 0 spiro atoms. The van der Waals surface area contributed by atoms with Gasteiger partial charge in [-0.15, -0.1) is 0 Å². The highest BCUT2D eigenvalue weighted by Gasteiger charge is 2.45. The molecule has 0 amide bonds. The van der Waals surface area contributed by atoms with Gasteiger partial charge in [0.15, 0.2) is 6.29 Å². The minimum absolute atomic E-state index is 0.376. The maximum absolute atomic E-state index is 10.2. The molecule has 0 aromatic heterocycles. The molecule has 0 aromatic rings. The molecule has 3 N–H and O–H groups in total. The molecule has 2 unspecified atom stereocenters. The van der Waals surface area contributed by atoms with Gasteiger partial charge in [-0.2, -0.15) is 0 Å². The van der Waals surface area contributed by atoms with Crippen molar-refractivity contribution in [2.45, 2.75) is 102 Å². The molecular weight excluding hydrogens is 324 g/mol. The largest absolute Gasteiger partial charge is 0.394 e. The lowest BCUT2D eigenvalue weighted by molar-refractivity contribution is -0.301. The van der Waals surface area contributed by atoms with Crippen LogP contribution in [0.1, 0.15) is 72.5 Å². The number of rotatable bonds is 14. The first-order valence-electron chi connectivity index (χ1n) is 10.4. The number of unbranched alkanes of at least 4 members (excludes halogenated alkanes) is 8. The van der Waals surface area contributed by atoms with Crippen LogP contribution >= 0.6 is 0 Å². The molecule has 1 saturated heterocycles. The SMILES string of the molecule is [2H]C(CCCCCCCCCCC)O[C@H]1[C@H](O)[C@H](O)C(OC)O[C@@H]1CO. The monoisotopic (exact) mass is 363 g/mol. The molecule has 1 rings (SSSR count). The van der Waals surface area contributed by atoms with Crippen molar-refractivity contribution in [3.8, 4) is 0 Å². The Bertz CT molecular complexity index is 344. The molecule has 6 atom stereocenters. The summed E-state index contributed by atoms with van der Waals surface area (Å²) in [4.78, 5) is 0. The quantitative estimate of drug-likeness (QED) is 0.411. The van der Waals surface area contributed by atoms with Gasteiger partial charge in [0.2, 0.25) is 0 Å². The smallest absolute Gasteiger partial charge is 0.186 e. The van der Waals surface area contributed by atoms with Gasteiger partial charge in [-0.05, 0) is 6.42 Å². The van der Waals surface area contributed by atoms with Gasteiger partial charge in [0.25, 0.3) is 0 Å². The molecule has 1 aliphatic rings. The third kappa shape index (κ3) is 8.33. The highest BCUT2D eigenvalue weighted by atomic mass is 16.7. The Hall–Kier alpha value is -0.240. The Morgan fingerprint density at radius 1 is 0.920 bits per heavy atom. The lowest BCUT2D eigenvalue weighted by Crippen LogP contribution is -2.59. The Labute approximate surface area is 153 Å². The van der Waals surface area contributed by atoms with E-state index in [4.69, 9.17) is 15.6 Å². The molecular formula is C19H38O6. The van der Waals surface area contributed by atoms with E-state index in [-0.39, 0.29) is 6.61 Å². The maximum atomic E-state index is 10.2. The van der Waals surface area contributed by atoms with Crippen molar-refractivity contribution in [2.24, 2.45) is 0 Å². The average molecular weight is 364 g/mol. The summed E-state index contributed by atoms with van der Waals surface area (Å²) in [6, 6.07) is 0. The van der Waals surface area contributed by atoms with E-state index in [1.54, 1.807) is 0 Å². The van der Waals surface area contributed by atoms with Gasteiger partial charge in [0.1, 0.15) is 24.4 Å².